The molecule has 0 spiro atoms. The number of halogens is 2. The van der Waals surface area contributed by atoms with E-state index < -0.39 is 28.5 Å². The molecular weight excluding hydrogens is 462 g/mol. The summed E-state index contributed by atoms with van der Waals surface area (Å²) in [5.41, 5.74) is 6.61. The summed E-state index contributed by atoms with van der Waals surface area (Å²) >= 11 is 1.21. The molecule has 34 heavy (non-hydrogen) atoms. The molecule has 2 atom stereocenters. The predicted molar refractivity (Wildman–Crippen MR) is 130 cm³/mol. The van der Waals surface area contributed by atoms with E-state index in [1.165, 1.54) is 31.0 Å². The van der Waals surface area contributed by atoms with E-state index in [1.54, 1.807) is 6.92 Å². The number of nitrogens with zero attached hydrogens (tertiary/aromatic N) is 3. The number of amidine groups is 1. The Labute approximate surface area is 202 Å². The Morgan fingerprint density at radius 3 is 2.65 bits per heavy atom. The molecule has 0 aliphatic carbocycles. The van der Waals surface area contributed by atoms with Crippen LogP contribution < -0.4 is 5.73 Å². The molecule has 0 aromatic heterocycles. The Morgan fingerprint density at radius 1 is 1.24 bits per heavy atom. The molecule has 10 heteroatoms. The minimum Gasteiger partial charge on any atom is -0.386 e. The number of hydrogen-bond donors (Lipinski definition) is 1. The molecule has 2 aromatic rings. The summed E-state index contributed by atoms with van der Waals surface area (Å²) in [4.78, 5) is 16.7. The van der Waals surface area contributed by atoms with Crippen LogP contribution in [0, 0.1) is 11.6 Å². The van der Waals surface area contributed by atoms with Crippen molar-refractivity contribution in [2.45, 2.75) is 30.7 Å². The van der Waals surface area contributed by atoms with Crippen LogP contribution in [0.5, 0.6) is 0 Å². The van der Waals surface area contributed by atoms with E-state index in [1.807, 2.05) is 30.3 Å². The van der Waals surface area contributed by atoms with E-state index in [9.17, 15) is 13.6 Å². The van der Waals surface area contributed by atoms with Crippen molar-refractivity contribution in [2.75, 3.05) is 27.4 Å². The molecule has 0 saturated heterocycles. The number of aliphatic imine (C=N–C) groups is 1. The average molecular weight is 491 g/mol. The second-order valence-corrected chi connectivity index (χ2v) is 8.99. The number of hydrazone groups is 1. The summed E-state index contributed by atoms with van der Waals surface area (Å²) in [6.45, 7) is 2.24. The van der Waals surface area contributed by atoms with Gasteiger partial charge in [-0.15, -0.1) is 0 Å². The number of ether oxygens (including phenoxy) is 2. The van der Waals surface area contributed by atoms with Gasteiger partial charge < -0.3 is 15.2 Å². The third kappa shape index (κ3) is 5.63. The molecule has 0 fully saturated rings. The molecule has 0 unspecified atom stereocenters. The highest BCUT2D eigenvalue weighted by Gasteiger charge is 2.49. The van der Waals surface area contributed by atoms with Crippen molar-refractivity contribution in [3.8, 4) is 0 Å². The van der Waals surface area contributed by atoms with Gasteiger partial charge in [0.1, 0.15) is 40.1 Å². The lowest BCUT2D eigenvalue weighted by atomic mass is 9.99. The lowest BCUT2D eigenvalue weighted by Gasteiger charge is -2.36. The summed E-state index contributed by atoms with van der Waals surface area (Å²) in [7, 11) is 2.97. The monoisotopic (exact) mass is 490 g/mol. The van der Waals surface area contributed by atoms with Gasteiger partial charge in [0.25, 0.3) is 5.91 Å². The van der Waals surface area contributed by atoms with Crippen molar-refractivity contribution >= 4 is 28.5 Å². The number of rotatable bonds is 10. The van der Waals surface area contributed by atoms with Crippen LogP contribution in [0.15, 0.2) is 58.6 Å². The highest BCUT2D eigenvalue weighted by atomic mass is 32.2. The molecule has 1 heterocycles. The molecule has 0 saturated carbocycles. The molecule has 2 N–H and O–H groups in total. The summed E-state index contributed by atoms with van der Waals surface area (Å²) in [6, 6.07) is 12.5. The highest BCUT2D eigenvalue weighted by Crippen LogP contribution is 2.51. The molecule has 3 rings (SSSR count). The van der Waals surface area contributed by atoms with Crippen LogP contribution >= 0.6 is 11.8 Å². The minimum absolute atomic E-state index is 0.00645. The topological polar surface area (TPSA) is 89.5 Å². The number of hydrogen-bond acceptors (Lipinski definition) is 6. The predicted octanol–water partition coefficient (Wildman–Crippen LogP) is 3.87. The number of carbonyl (C=O) groups excluding carboxylic acids is 1. The Kier molecular flexibility index (Phi) is 8.76. The third-order valence-corrected chi connectivity index (χ3v) is 6.82. The third-order valence-electron chi connectivity index (χ3n) is 5.37. The number of methoxy groups -OCH3 is 2. The van der Waals surface area contributed by atoms with E-state index >= 15 is 0 Å². The van der Waals surface area contributed by atoms with Crippen molar-refractivity contribution in [3.05, 3.63) is 71.3 Å². The van der Waals surface area contributed by atoms with Gasteiger partial charge in [0.15, 0.2) is 0 Å². The van der Waals surface area contributed by atoms with Crippen LogP contribution in [-0.2, 0) is 19.1 Å². The normalized spacial score (nSPS) is 19.3. The van der Waals surface area contributed by atoms with Gasteiger partial charge >= 0.3 is 0 Å². The average Bonchev–Trinajstić information content (AvgIpc) is 3.23. The Morgan fingerprint density at radius 2 is 1.97 bits per heavy atom. The van der Waals surface area contributed by atoms with E-state index in [0.29, 0.717) is 25.2 Å². The molecule has 1 aliphatic heterocycles. The van der Waals surface area contributed by atoms with Gasteiger partial charge in [-0.05, 0) is 43.5 Å². The van der Waals surface area contributed by atoms with Gasteiger partial charge in [-0.25, -0.2) is 13.8 Å². The van der Waals surface area contributed by atoms with Crippen molar-refractivity contribution in [1.29, 1.82) is 0 Å². The van der Waals surface area contributed by atoms with Crippen molar-refractivity contribution in [1.82, 2.24) is 5.01 Å². The van der Waals surface area contributed by atoms with Crippen LogP contribution in [-0.4, -0.2) is 55.3 Å². The summed E-state index contributed by atoms with van der Waals surface area (Å²) in [6.07, 6.45) is 0.184. The second-order valence-electron chi connectivity index (χ2n) is 7.72. The van der Waals surface area contributed by atoms with Crippen LogP contribution in [0.2, 0.25) is 0 Å². The SMILES string of the molecule is COCC(N)=NCCC[C@@]1(c2ccccc2)SC(c2cc(F)ccc2F)=NN1C(=O)[C@H](C)OC. The first-order valence-corrected chi connectivity index (χ1v) is 11.6. The lowest BCUT2D eigenvalue weighted by Crippen LogP contribution is -2.45. The standard InChI is InChI=1S/C24H28F2N4O3S/c1-16(33-3)23(31)30-24(17-8-5-4-6-9-17,12-7-13-28-21(27)15-32-2)34-22(29-30)19-14-18(25)10-11-20(19)26/h4-6,8-11,14,16H,7,12-13,15H2,1-3H3,(H2,27,28)/t16-,24-/m0/s1. The maximum absolute atomic E-state index is 14.7. The zero-order chi connectivity index (χ0) is 24.7. The molecule has 0 bridgehead atoms. The van der Waals surface area contributed by atoms with E-state index in [4.69, 9.17) is 15.2 Å². The van der Waals surface area contributed by atoms with Crippen molar-refractivity contribution in [2.24, 2.45) is 15.8 Å². The number of carbonyl (C=O) groups is 1. The first-order valence-electron chi connectivity index (χ1n) is 10.8. The minimum atomic E-state index is -1.01. The molecular formula is C24H28F2N4O3S. The number of thioether (sulfide) groups is 1. The van der Waals surface area contributed by atoms with Crippen molar-refractivity contribution in [3.63, 3.8) is 0 Å². The van der Waals surface area contributed by atoms with Gasteiger partial charge in [-0.1, -0.05) is 42.1 Å². The van der Waals surface area contributed by atoms with Gasteiger partial charge in [0, 0.05) is 26.3 Å². The number of nitrogens with two attached hydrogens (primary N) is 1. The Bertz CT molecular complexity index is 1070. The van der Waals surface area contributed by atoms with Crippen LogP contribution in [0.3, 0.4) is 0 Å². The van der Waals surface area contributed by atoms with E-state index in [2.05, 4.69) is 10.1 Å². The smallest absolute Gasteiger partial charge is 0.273 e. The fraction of sp³-hybridized carbons (Fsp3) is 0.375. The summed E-state index contributed by atoms with van der Waals surface area (Å²) < 4.78 is 38.9. The van der Waals surface area contributed by atoms with Crippen LogP contribution in [0.1, 0.15) is 30.9 Å². The van der Waals surface area contributed by atoms with Gasteiger partial charge in [-0.3, -0.25) is 9.79 Å². The largest absolute Gasteiger partial charge is 0.386 e. The van der Waals surface area contributed by atoms with Gasteiger partial charge in [0.05, 0.1) is 0 Å². The molecule has 2 aromatic carbocycles. The molecule has 7 nitrogen and oxygen atoms in total. The maximum Gasteiger partial charge on any atom is 0.273 e. The zero-order valence-corrected chi connectivity index (χ0v) is 20.1. The van der Waals surface area contributed by atoms with Crippen LogP contribution in [0.25, 0.3) is 0 Å². The zero-order valence-electron chi connectivity index (χ0n) is 19.3. The molecule has 0 radical (unpaired) electrons. The maximum atomic E-state index is 14.7. The molecule has 1 aliphatic rings. The van der Waals surface area contributed by atoms with Crippen LogP contribution in [0.4, 0.5) is 8.78 Å². The second kappa shape index (κ2) is 11.5. The summed E-state index contributed by atoms with van der Waals surface area (Å²) in [5, 5.41) is 6.04. The quantitative estimate of drug-likeness (QED) is 0.310. The first-order chi connectivity index (χ1) is 16.3. The van der Waals surface area contributed by atoms with Gasteiger partial charge in [0.2, 0.25) is 0 Å². The first kappa shape index (κ1) is 25.8. The lowest BCUT2D eigenvalue weighted by molar-refractivity contribution is -0.144. The van der Waals surface area contributed by atoms with Gasteiger partial charge in [-0.2, -0.15) is 5.10 Å². The Hall–Kier alpha value is -2.82. The van der Waals surface area contributed by atoms with Crippen molar-refractivity contribution < 1.29 is 23.0 Å². The fourth-order valence-electron chi connectivity index (χ4n) is 3.58. The number of amides is 1. The molecule has 182 valence electrons. The van der Waals surface area contributed by atoms with E-state index in [0.717, 1.165) is 23.8 Å². The van der Waals surface area contributed by atoms with E-state index in [-0.39, 0.29) is 17.2 Å². The fourth-order valence-corrected chi connectivity index (χ4v) is 5.01. The molecule has 1 amide bonds. The highest BCUT2D eigenvalue weighted by molar-refractivity contribution is 8.15. The number of benzene rings is 2. The Balaban J connectivity index is 2.04. The summed E-state index contributed by atoms with van der Waals surface area (Å²) in [5.74, 6) is -1.24.